The monoisotopic (exact) mass is 270 g/mol. The van der Waals surface area contributed by atoms with Crippen molar-refractivity contribution in [2.45, 2.75) is 26.1 Å². The lowest BCUT2D eigenvalue weighted by molar-refractivity contribution is 0.675. The van der Waals surface area contributed by atoms with Crippen LogP contribution in [0, 0.1) is 0 Å². The third-order valence-electron chi connectivity index (χ3n) is 3.27. The lowest BCUT2D eigenvalue weighted by Gasteiger charge is -2.12. The zero-order chi connectivity index (χ0) is 13.8. The van der Waals surface area contributed by atoms with Crippen LogP contribution in [-0.2, 0) is 13.1 Å². The van der Waals surface area contributed by atoms with Crippen LogP contribution < -0.4 is 10.6 Å². The van der Waals surface area contributed by atoms with Crippen LogP contribution in [-0.4, -0.2) is 33.3 Å². The molecular formula is C14H18N6. The number of nitrogens with one attached hydrogen (secondary N) is 2. The molecule has 1 aromatic heterocycles. The van der Waals surface area contributed by atoms with Crippen molar-refractivity contribution >= 4 is 5.96 Å². The van der Waals surface area contributed by atoms with Crippen LogP contribution in [0.2, 0.25) is 0 Å². The molecule has 0 saturated carbocycles. The first-order valence-corrected chi connectivity index (χ1v) is 6.75. The van der Waals surface area contributed by atoms with E-state index in [2.05, 4.69) is 44.8 Å². The minimum Gasteiger partial charge on any atom is -0.352 e. The number of nitrogens with zero attached hydrogens (tertiary/aromatic N) is 4. The van der Waals surface area contributed by atoms with Gasteiger partial charge in [-0.3, -0.25) is 4.99 Å². The molecule has 2 N–H and O–H groups in total. The first-order chi connectivity index (χ1) is 9.81. The standard InChI is InChI=1S/C14H18N6/c1-11-6-16-14(19-11)17-7-12-4-2-3-5-13(12)8-20-10-15-9-18-20/h2-5,9-11H,6-8H2,1H3,(H2,16,17,19). The normalized spacial score (nSPS) is 17.6. The van der Waals surface area contributed by atoms with E-state index in [0.29, 0.717) is 6.04 Å². The Kier molecular flexibility index (Phi) is 3.62. The second-order valence-corrected chi connectivity index (χ2v) is 4.95. The smallest absolute Gasteiger partial charge is 0.191 e. The van der Waals surface area contributed by atoms with Crippen molar-refractivity contribution in [1.82, 2.24) is 25.4 Å². The summed E-state index contributed by atoms with van der Waals surface area (Å²) in [6.45, 7) is 4.44. The van der Waals surface area contributed by atoms with Crippen LogP contribution in [0.5, 0.6) is 0 Å². The van der Waals surface area contributed by atoms with Gasteiger partial charge in [0.1, 0.15) is 12.7 Å². The molecular weight excluding hydrogens is 252 g/mol. The summed E-state index contributed by atoms with van der Waals surface area (Å²) in [6.07, 6.45) is 3.29. The summed E-state index contributed by atoms with van der Waals surface area (Å²) >= 11 is 0. The second-order valence-electron chi connectivity index (χ2n) is 4.95. The van der Waals surface area contributed by atoms with Gasteiger partial charge in [-0.25, -0.2) is 9.67 Å². The Hall–Kier alpha value is -2.37. The van der Waals surface area contributed by atoms with Crippen molar-refractivity contribution in [3.8, 4) is 0 Å². The molecule has 6 heteroatoms. The fraction of sp³-hybridized carbons (Fsp3) is 0.357. The molecule has 2 heterocycles. The van der Waals surface area contributed by atoms with Gasteiger partial charge in [-0.05, 0) is 18.1 Å². The van der Waals surface area contributed by atoms with Gasteiger partial charge in [-0.15, -0.1) is 0 Å². The van der Waals surface area contributed by atoms with Gasteiger partial charge >= 0.3 is 0 Å². The van der Waals surface area contributed by atoms with Gasteiger partial charge < -0.3 is 10.6 Å². The Labute approximate surface area is 117 Å². The summed E-state index contributed by atoms with van der Waals surface area (Å²) < 4.78 is 1.83. The lowest BCUT2D eigenvalue weighted by atomic mass is 10.1. The molecule has 3 rings (SSSR count). The quantitative estimate of drug-likeness (QED) is 0.861. The third kappa shape index (κ3) is 2.96. The van der Waals surface area contributed by atoms with E-state index >= 15 is 0 Å². The molecule has 0 amide bonds. The first-order valence-electron chi connectivity index (χ1n) is 6.75. The van der Waals surface area contributed by atoms with Crippen LogP contribution >= 0.6 is 0 Å². The van der Waals surface area contributed by atoms with Gasteiger partial charge in [0.25, 0.3) is 0 Å². The molecule has 0 radical (unpaired) electrons. The third-order valence-corrected chi connectivity index (χ3v) is 3.27. The Morgan fingerprint density at radius 3 is 2.90 bits per heavy atom. The van der Waals surface area contributed by atoms with Crippen LogP contribution in [0.25, 0.3) is 0 Å². The predicted molar refractivity (Wildman–Crippen MR) is 77.3 cm³/mol. The number of hydrogen-bond acceptors (Lipinski definition) is 5. The van der Waals surface area contributed by atoms with E-state index in [1.165, 1.54) is 11.1 Å². The van der Waals surface area contributed by atoms with Crippen molar-refractivity contribution in [3.63, 3.8) is 0 Å². The number of benzene rings is 1. The largest absolute Gasteiger partial charge is 0.352 e. The number of guanidine groups is 1. The number of aromatic nitrogens is 3. The average molecular weight is 270 g/mol. The fourth-order valence-electron chi connectivity index (χ4n) is 2.21. The maximum Gasteiger partial charge on any atom is 0.191 e. The number of aliphatic imine (C=N–C) groups is 1. The molecule has 0 aliphatic carbocycles. The maximum absolute atomic E-state index is 4.40. The minimum absolute atomic E-state index is 0.419. The zero-order valence-corrected chi connectivity index (χ0v) is 11.5. The molecule has 104 valence electrons. The van der Waals surface area contributed by atoms with Crippen LogP contribution in [0.3, 0.4) is 0 Å². The van der Waals surface area contributed by atoms with E-state index in [9.17, 15) is 0 Å². The minimum atomic E-state index is 0.419. The lowest BCUT2D eigenvalue weighted by Crippen LogP contribution is -2.37. The summed E-state index contributed by atoms with van der Waals surface area (Å²) in [6, 6.07) is 8.75. The molecule has 0 fully saturated rings. The van der Waals surface area contributed by atoms with E-state index in [1.54, 1.807) is 12.7 Å². The molecule has 1 aliphatic rings. The molecule has 0 saturated heterocycles. The summed E-state index contributed by atoms with van der Waals surface area (Å²) in [5.41, 5.74) is 2.48. The molecule has 1 atom stereocenters. The Bertz CT molecular complexity index is 589. The maximum atomic E-state index is 4.40. The van der Waals surface area contributed by atoms with E-state index in [-0.39, 0.29) is 0 Å². The highest BCUT2D eigenvalue weighted by Gasteiger charge is 2.12. The SMILES string of the molecule is CC1CN=C(NCc2ccccc2Cn2cncn2)N1. The molecule has 2 aromatic rings. The molecule has 1 aromatic carbocycles. The number of hydrogen-bond donors (Lipinski definition) is 2. The van der Waals surface area contributed by atoms with Crippen LogP contribution in [0.15, 0.2) is 41.9 Å². The van der Waals surface area contributed by atoms with E-state index < -0.39 is 0 Å². The van der Waals surface area contributed by atoms with E-state index in [4.69, 9.17) is 0 Å². The van der Waals surface area contributed by atoms with Gasteiger partial charge in [-0.1, -0.05) is 24.3 Å². The van der Waals surface area contributed by atoms with Crippen molar-refractivity contribution in [2.24, 2.45) is 4.99 Å². The van der Waals surface area contributed by atoms with Gasteiger partial charge in [0.2, 0.25) is 0 Å². The van der Waals surface area contributed by atoms with Crippen molar-refractivity contribution < 1.29 is 0 Å². The highest BCUT2D eigenvalue weighted by Crippen LogP contribution is 2.10. The van der Waals surface area contributed by atoms with E-state index in [1.807, 2.05) is 16.8 Å². The highest BCUT2D eigenvalue weighted by molar-refractivity contribution is 5.81. The molecule has 0 spiro atoms. The Morgan fingerprint density at radius 1 is 1.35 bits per heavy atom. The van der Waals surface area contributed by atoms with Crippen LogP contribution in [0.1, 0.15) is 18.1 Å². The van der Waals surface area contributed by atoms with Gasteiger partial charge in [0, 0.05) is 12.6 Å². The van der Waals surface area contributed by atoms with Crippen molar-refractivity contribution in [1.29, 1.82) is 0 Å². The summed E-state index contributed by atoms with van der Waals surface area (Å²) in [7, 11) is 0. The molecule has 0 bridgehead atoms. The first kappa shape index (κ1) is 12.7. The highest BCUT2D eigenvalue weighted by atomic mass is 15.3. The fourth-order valence-corrected chi connectivity index (χ4v) is 2.21. The van der Waals surface area contributed by atoms with Crippen molar-refractivity contribution in [2.75, 3.05) is 6.54 Å². The Balaban J connectivity index is 1.67. The molecule has 20 heavy (non-hydrogen) atoms. The van der Waals surface area contributed by atoms with Crippen molar-refractivity contribution in [3.05, 3.63) is 48.0 Å². The summed E-state index contributed by atoms with van der Waals surface area (Å²) in [5.74, 6) is 0.882. The van der Waals surface area contributed by atoms with Gasteiger partial charge in [0.15, 0.2) is 5.96 Å². The van der Waals surface area contributed by atoms with E-state index in [0.717, 1.165) is 25.6 Å². The van der Waals surface area contributed by atoms with Gasteiger partial charge in [-0.2, -0.15) is 5.10 Å². The Morgan fingerprint density at radius 2 is 2.20 bits per heavy atom. The topological polar surface area (TPSA) is 67.1 Å². The second kappa shape index (κ2) is 5.73. The summed E-state index contributed by atoms with van der Waals surface area (Å²) in [5, 5.41) is 10.8. The van der Waals surface area contributed by atoms with Crippen LogP contribution in [0.4, 0.5) is 0 Å². The zero-order valence-electron chi connectivity index (χ0n) is 11.5. The average Bonchev–Trinajstić information content (AvgIpc) is 3.10. The molecule has 6 nitrogen and oxygen atoms in total. The van der Waals surface area contributed by atoms with Gasteiger partial charge in [0.05, 0.1) is 13.1 Å². The molecule has 1 aliphatic heterocycles. The number of rotatable bonds is 4. The predicted octanol–water partition coefficient (Wildman–Crippen LogP) is 0.764. The molecule has 1 unspecified atom stereocenters. The summed E-state index contributed by atoms with van der Waals surface area (Å²) in [4.78, 5) is 8.38.